The first-order chi connectivity index (χ1) is 10.4. The largest absolute Gasteiger partial charge is 0.0848 e. The van der Waals surface area contributed by atoms with E-state index in [1.165, 1.54) is 11.8 Å². The predicted molar refractivity (Wildman–Crippen MR) is 81.1 cm³/mol. The van der Waals surface area contributed by atoms with Crippen LogP contribution in [0.5, 0.6) is 0 Å². The fourth-order valence-corrected chi connectivity index (χ4v) is 10.1. The van der Waals surface area contributed by atoms with Gasteiger partial charge in [0.05, 0.1) is 0 Å². The first kappa shape index (κ1) is 10.3. The zero-order valence-corrected chi connectivity index (χ0v) is 12.6. The molecule has 12 unspecified atom stereocenters. The van der Waals surface area contributed by atoms with E-state index in [0.29, 0.717) is 0 Å². The zero-order chi connectivity index (χ0) is 13.0. The van der Waals surface area contributed by atoms with Crippen molar-refractivity contribution >= 4 is 0 Å². The summed E-state index contributed by atoms with van der Waals surface area (Å²) >= 11 is 0. The van der Waals surface area contributed by atoms with Gasteiger partial charge in [0.15, 0.2) is 0 Å². The molecular weight excluding hydrogens is 252 g/mol. The molecule has 8 rings (SSSR count). The Labute approximate surface area is 127 Å². The monoisotopic (exact) mass is 276 g/mol. The first-order valence-electron chi connectivity index (χ1n) is 9.84. The summed E-state index contributed by atoms with van der Waals surface area (Å²) in [7, 11) is 0. The summed E-state index contributed by atoms with van der Waals surface area (Å²) in [5, 5.41) is 0. The third-order valence-electron chi connectivity index (χ3n) is 10.1. The highest BCUT2D eigenvalue weighted by Gasteiger charge is 2.75. The molecule has 0 aliphatic heterocycles. The van der Waals surface area contributed by atoms with E-state index in [1.807, 2.05) is 0 Å². The summed E-state index contributed by atoms with van der Waals surface area (Å²) in [4.78, 5) is 0. The summed E-state index contributed by atoms with van der Waals surface area (Å²) in [5.74, 6) is 13.4. The highest BCUT2D eigenvalue weighted by Crippen LogP contribution is 2.81. The second kappa shape index (κ2) is 2.83. The van der Waals surface area contributed by atoms with Crippen molar-refractivity contribution in [3.63, 3.8) is 0 Å². The van der Waals surface area contributed by atoms with Crippen molar-refractivity contribution in [1.29, 1.82) is 0 Å². The van der Waals surface area contributed by atoms with Crippen LogP contribution >= 0.6 is 0 Å². The van der Waals surface area contributed by atoms with E-state index >= 15 is 0 Å². The van der Waals surface area contributed by atoms with Gasteiger partial charge in [-0.1, -0.05) is 23.3 Å². The molecule has 21 heavy (non-hydrogen) atoms. The Morgan fingerprint density at radius 2 is 1.19 bits per heavy atom. The minimum absolute atomic E-state index is 1.01. The fraction of sp³-hybridized carbons (Fsp3) is 0.810. The molecular formula is C21H24. The van der Waals surface area contributed by atoms with Gasteiger partial charge in [-0.25, -0.2) is 0 Å². The minimum atomic E-state index is 1.01. The van der Waals surface area contributed by atoms with Crippen molar-refractivity contribution in [2.24, 2.45) is 71.0 Å². The maximum Gasteiger partial charge on any atom is -0.0100 e. The van der Waals surface area contributed by atoms with Crippen LogP contribution in [0.1, 0.15) is 32.1 Å². The van der Waals surface area contributed by atoms with Crippen molar-refractivity contribution < 1.29 is 0 Å². The molecule has 108 valence electrons. The van der Waals surface area contributed by atoms with Crippen LogP contribution < -0.4 is 0 Å². The summed E-state index contributed by atoms with van der Waals surface area (Å²) in [6.45, 7) is 0. The van der Waals surface area contributed by atoms with Gasteiger partial charge in [0.1, 0.15) is 0 Å². The highest BCUT2D eigenvalue weighted by atomic mass is 14.8. The summed E-state index contributed by atoms with van der Waals surface area (Å²) in [5.41, 5.74) is 4.23. The molecule has 6 bridgehead atoms. The van der Waals surface area contributed by atoms with Gasteiger partial charge in [-0.2, -0.15) is 0 Å². The lowest BCUT2D eigenvalue weighted by molar-refractivity contribution is -0.0569. The predicted octanol–water partition coefficient (Wildman–Crippen LogP) is 4.29. The Bertz CT molecular complexity index is 601. The molecule has 5 fully saturated rings. The Hall–Kier alpha value is -0.520. The molecule has 0 aromatic carbocycles. The van der Waals surface area contributed by atoms with Crippen LogP contribution in [0, 0.1) is 71.0 Å². The quantitative estimate of drug-likeness (QED) is 0.457. The van der Waals surface area contributed by atoms with E-state index in [4.69, 9.17) is 0 Å². The van der Waals surface area contributed by atoms with Crippen LogP contribution in [-0.2, 0) is 0 Å². The molecule has 0 amide bonds. The number of rotatable bonds is 0. The molecule has 0 aromatic heterocycles. The maximum atomic E-state index is 2.62. The van der Waals surface area contributed by atoms with E-state index in [2.05, 4.69) is 23.3 Å². The zero-order valence-electron chi connectivity index (χ0n) is 12.6. The fourth-order valence-electron chi connectivity index (χ4n) is 10.1. The number of hydrogen-bond acceptors (Lipinski definition) is 0. The average Bonchev–Trinajstić information content (AvgIpc) is 3.17. The van der Waals surface area contributed by atoms with E-state index in [-0.39, 0.29) is 0 Å². The molecule has 0 aromatic rings. The molecule has 0 N–H and O–H groups in total. The standard InChI is InChI=1S/C21H24/c1-2-9-5-8(1)14-15(9)19-13-7-12(18(14)19)20-16-10-3-4-11(6-10)17(16)21(13)20/h1-2,8-19H,3-7H2. The van der Waals surface area contributed by atoms with Gasteiger partial charge in [-0.05, 0) is 103 Å². The molecule has 5 saturated carbocycles. The molecule has 8 aliphatic rings. The third kappa shape index (κ3) is 0.815. The molecule has 0 spiro atoms. The molecule has 0 heterocycles. The number of allylic oxidation sites excluding steroid dienone is 4. The van der Waals surface area contributed by atoms with Gasteiger partial charge in [0, 0.05) is 0 Å². The molecule has 0 heteroatoms. The van der Waals surface area contributed by atoms with Crippen LogP contribution in [0.2, 0.25) is 0 Å². The second-order valence-corrected chi connectivity index (χ2v) is 10.0. The second-order valence-electron chi connectivity index (χ2n) is 10.0. The van der Waals surface area contributed by atoms with Gasteiger partial charge in [-0.3, -0.25) is 0 Å². The van der Waals surface area contributed by atoms with Crippen molar-refractivity contribution in [3.05, 3.63) is 23.3 Å². The normalized spacial score (nSPS) is 72.4. The van der Waals surface area contributed by atoms with Crippen LogP contribution in [-0.4, -0.2) is 0 Å². The number of hydrogen-bond donors (Lipinski definition) is 0. The van der Waals surface area contributed by atoms with Crippen molar-refractivity contribution in [3.8, 4) is 0 Å². The number of fused-ring (bicyclic) bond motifs is 21. The minimum Gasteiger partial charge on any atom is -0.0848 e. The van der Waals surface area contributed by atoms with Gasteiger partial charge in [0.2, 0.25) is 0 Å². The lowest BCUT2D eigenvalue weighted by Crippen LogP contribution is -2.56. The van der Waals surface area contributed by atoms with E-state index in [1.54, 1.807) is 32.1 Å². The summed E-state index contributed by atoms with van der Waals surface area (Å²) in [6, 6.07) is 0. The van der Waals surface area contributed by atoms with E-state index < -0.39 is 0 Å². The molecule has 0 saturated heterocycles. The topological polar surface area (TPSA) is 0 Å². The smallest absolute Gasteiger partial charge is 0.0100 e. The Kier molecular flexibility index (Phi) is 1.39. The molecule has 8 aliphatic carbocycles. The first-order valence-corrected chi connectivity index (χ1v) is 9.84. The van der Waals surface area contributed by atoms with Gasteiger partial charge < -0.3 is 0 Å². The van der Waals surface area contributed by atoms with Gasteiger partial charge in [0.25, 0.3) is 0 Å². The molecule has 0 nitrogen and oxygen atoms in total. The maximum absolute atomic E-state index is 2.62. The Morgan fingerprint density at radius 3 is 1.76 bits per heavy atom. The van der Waals surface area contributed by atoms with Crippen LogP contribution in [0.3, 0.4) is 0 Å². The van der Waals surface area contributed by atoms with E-state index in [9.17, 15) is 0 Å². The third-order valence-corrected chi connectivity index (χ3v) is 10.1. The van der Waals surface area contributed by atoms with E-state index in [0.717, 1.165) is 59.2 Å². The Morgan fingerprint density at radius 1 is 0.619 bits per heavy atom. The molecule has 0 radical (unpaired) electrons. The lowest BCUT2D eigenvalue weighted by atomic mass is 9.43. The average molecular weight is 276 g/mol. The lowest BCUT2D eigenvalue weighted by Gasteiger charge is -2.61. The van der Waals surface area contributed by atoms with Crippen molar-refractivity contribution in [1.82, 2.24) is 0 Å². The van der Waals surface area contributed by atoms with Crippen molar-refractivity contribution in [2.45, 2.75) is 32.1 Å². The highest BCUT2D eigenvalue weighted by molar-refractivity contribution is 5.50. The summed E-state index contributed by atoms with van der Waals surface area (Å²) in [6.07, 6.45) is 13.2. The molecule has 12 atom stereocenters. The van der Waals surface area contributed by atoms with Gasteiger partial charge in [-0.15, -0.1) is 0 Å². The Balaban J connectivity index is 1.27. The van der Waals surface area contributed by atoms with Crippen LogP contribution in [0.25, 0.3) is 0 Å². The van der Waals surface area contributed by atoms with Gasteiger partial charge >= 0.3 is 0 Å². The SMILES string of the molecule is C1=CC2CC1C1C2C2C3CC(C4=C3C3C5CCC(C5)C43)C12. The van der Waals surface area contributed by atoms with Crippen LogP contribution in [0.4, 0.5) is 0 Å². The van der Waals surface area contributed by atoms with Crippen LogP contribution in [0.15, 0.2) is 23.3 Å². The van der Waals surface area contributed by atoms with Crippen molar-refractivity contribution in [2.75, 3.05) is 0 Å². The summed E-state index contributed by atoms with van der Waals surface area (Å²) < 4.78 is 0.